The molecule has 2 aliphatic rings. The van der Waals surface area contributed by atoms with E-state index in [-0.39, 0.29) is 31.4 Å². The second kappa shape index (κ2) is 6.92. The van der Waals surface area contributed by atoms with E-state index < -0.39 is 58.4 Å². The predicted octanol–water partition coefficient (Wildman–Crippen LogP) is 3.58. The minimum absolute atomic E-state index is 0.125. The van der Waals surface area contributed by atoms with E-state index >= 15 is 0 Å². The lowest BCUT2D eigenvalue weighted by atomic mass is 9.68. The first-order chi connectivity index (χ1) is 12.5. The fourth-order valence-electron chi connectivity index (χ4n) is 3.82. The van der Waals surface area contributed by atoms with Crippen LogP contribution in [0.15, 0.2) is 12.1 Å². The quantitative estimate of drug-likeness (QED) is 0.609. The molecule has 0 radical (unpaired) electrons. The van der Waals surface area contributed by atoms with Crippen molar-refractivity contribution in [3.63, 3.8) is 0 Å². The molecule has 2 fully saturated rings. The van der Waals surface area contributed by atoms with Crippen molar-refractivity contribution in [3.05, 3.63) is 34.4 Å². The third kappa shape index (κ3) is 3.61. The van der Waals surface area contributed by atoms with Gasteiger partial charge in [-0.05, 0) is 24.8 Å². The molecule has 1 aromatic carbocycles. The summed E-state index contributed by atoms with van der Waals surface area (Å²) < 4.78 is 66.7. The summed E-state index contributed by atoms with van der Waals surface area (Å²) in [7, 11) is 0. The molecule has 1 unspecified atom stereocenters. The number of benzene rings is 1. The Bertz CT molecular complexity index is 779. The zero-order valence-corrected chi connectivity index (χ0v) is 14.7. The maximum Gasteiger partial charge on any atom is 0.391 e. The fourth-order valence-corrected chi connectivity index (χ4v) is 4.00. The summed E-state index contributed by atoms with van der Waals surface area (Å²) in [6.45, 7) is -0.125. The number of hydrogen-bond acceptors (Lipinski definition) is 2. The topological polar surface area (TPSA) is 63.4 Å². The van der Waals surface area contributed by atoms with Gasteiger partial charge in [0.2, 0.25) is 11.8 Å². The number of halogens is 6. The first kappa shape index (κ1) is 19.9. The van der Waals surface area contributed by atoms with Crippen molar-refractivity contribution < 1.29 is 31.5 Å². The summed E-state index contributed by atoms with van der Waals surface area (Å²) in [5.74, 6) is -6.41. The molecule has 0 spiro atoms. The van der Waals surface area contributed by atoms with Gasteiger partial charge in [0.25, 0.3) is 0 Å². The highest BCUT2D eigenvalue weighted by atomic mass is 35.5. The zero-order valence-electron chi connectivity index (χ0n) is 13.9. The molecule has 2 atom stereocenters. The fraction of sp³-hybridized carbons (Fsp3) is 0.529. The summed E-state index contributed by atoms with van der Waals surface area (Å²) in [4.78, 5) is 24.9. The van der Waals surface area contributed by atoms with E-state index in [0.29, 0.717) is 0 Å². The molecule has 148 valence electrons. The summed E-state index contributed by atoms with van der Waals surface area (Å²) in [5.41, 5.74) is 5.06. The average Bonchev–Trinajstić information content (AvgIpc) is 2.89. The van der Waals surface area contributed by atoms with Crippen molar-refractivity contribution >= 4 is 23.4 Å². The molecule has 1 saturated carbocycles. The number of alkyl halides is 3. The lowest BCUT2D eigenvalue weighted by Gasteiger charge is -2.44. The summed E-state index contributed by atoms with van der Waals surface area (Å²) in [6, 6.07) is 0.908. The van der Waals surface area contributed by atoms with E-state index in [4.69, 9.17) is 17.3 Å². The zero-order chi connectivity index (χ0) is 20.1. The van der Waals surface area contributed by atoms with Crippen LogP contribution >= 0.6 is 11.6 Å². The van der Waals surface area contributed by atoms with Crippen molar-refractivity contribution in [2.45, 2.75) is 31.5 Å². The molecule has 27 heavy (non-hydrogen) atoms. The van der Waals surface area contributed by atoms with Gasteiger partial charge in [-0.2, -0.15) is 13.2 Å². The van der Waals surface area contributed by atoms with E-state index in [9.17, 15) is 31.5 Å². The van der Waals surface area contributed by atoms with Crippen molar-refractivity contribution in [1.82, 2.24) is 4.90 Å². The molecule has 1 aromatic rings. The Morgan fingerprint density at radius 1 is 1.26 bits per heavy atom. The molecule has 0 bridgehead atoms. The van der Waals surface area contributed by atoms with E-state index in [2.05, 4.69) is 0 Å². The number of amides is 2. The second-order valence-corrected chi connectivity index (χ2v) is 7.41. The number of carbonyl (C=O) groups is 2. The molecule has 1 aliphatic heterocycles. The van der Waals surface area contributed by atoms with Gasteiger partial charge in [0.15, 0.2) is 0 Å². The van der Waals surface area contributed by atoms with E-state index in [0.717, 1.165) is 12.1 Å². The maximum atomic E-state index is 14.6. The van der Waals surface area contributed by atoms with Crippen LogP contribution in [0.4, 0.5) is 22.0 Å². The Hall–Kier alpha value is -1.90. The molecule has 2 amide bonds. The van der Waals surface area contributed by atoms with Gasteiger partial charge in [0.05, 0.1) is 17.9 Å². The molecule has 1 saturated heterocycles. The number of nitrogens with zero attached hydrogens (tertiary/aromatic N) is 1. The molecule has 4 nitrogen and oxygen atoms in total. The molecule has 2 N–H and O–H groups in total. The van der Waals surface area contributed by atoms with Crippen molar-refractivity contribution in [2.75, 3.05) is 6.54 Å². The molecule has 1 heterocycles. The van der Waals surface area contributed by atoms with Crippen molar-refractivity contribution in [3.8, 4) is 0 Å². The highest BCUT2D eigenvalue weighted by Gasteiger charge is 2.53. The number of likely N-dealkylation sites (tertiary alicyclic amines) is 1. The number of primary amides is 1. The van der Waals surface area contributed by atoms with E-state index in [1.807, 2.05) is 0 Å². The number of hydrogen-bond donors (Lipinski definition) is 1. The third-order valence-electron chi connectivity index (χ3n) is 5.36. The van der Waals surface area contributed by atoms with Gasteiger partial charge in [-0.1, -0.05) is 17.7 Å². The van der Waals surface area contributed by atoms with Crippen LogP contribution in [0, 0.1) is 29.4 Å². The van der Waals surface area contributed by atoms with Crippen LogP contribution in [0.3, 0.4) is 0 Å². The van der Waals surface area contributed by atoms with Crippen LogP contribution < -0.4 is 5.73 Å². The van der Waals surface area contributed by atoms with Crippen LogP contribution in [-0.4, -0.2) is 29.4 Å². The predicted molar refractivity (Wildman–Crippen MR) is 85.4 cm³/mol. The minimum atomic E-state index is -4.38. The van der Waals surface area contributed by atoms with Gasteiger partial charge >= 0.3 is 6.18 Å². The normalized spacial score (nSPS) is 26.8. The lowest BCUT2D eigenvalue weighted by Crippen LogP contribution is -2.45. The first-order valence-corrected chi connectivity index (χ1v) is 8.67. The van der Waals surface area contributed by atoms with Crippen LogP contribution in [0.5, 0.6) is 0 Å². The Morgan fingerprint density at radius 2 is 1.89 bits per heavy atom. The van der Waals surface area contributed by atoms with Crippen molar-refractivity contribution in [2.24, 2.45) is 23.5 Å². The van der Waals surface area contributed by atoms with Crippen LogP contribution in [0.2, 0.25) is 5.02 Å². The first-order valence-electron chi connectivity index (χ1n) is 8.29. The van der Waals surface area contributed by atoms with Gasteiger partial charge in [-0.25, -0.2) is 8.78 Å². The molecule has 10 heteroatoms. The highest BCUT2D eigenvalue weighted by Crippen LogP contribution is 2.52. The molecule has 3 rings (SSSR count). The second-order valence-electron chi connectivity index (χ2n) is 7.03. The summed E-state index contributed by atoms with van der Waals surface area (Å²) in [5, 5.41) is -0.790. The minimum Gasteiger partial charge on any atom is -0.369 e. The van der Waals surface area contributed by atoms with Gasteiger partial charge in [0, 0.05) is 18.5 Å². The summed E-state index contributed by atoms with van der Waals surface area (Å²) >= 11 is 5.61. The van der Waals surface area contributed by atoms with Crippen molar-refractivity contribution in [1.29, 1.82) is 0 Å². The molecular formula is C17H16ClF5N2O2. The third-order valence-corrected chi connectivity index (χ3v) is 5.71. The Labute approximate surface area is 156 Å². The maximum absolute atomic E-state index is 14.6. The number of nitrogens with two attached hydrogens (primary N) is 1. The molecule has 1 aliphatic carbocycles. The lowest BCUT2D eigenvalue weighted by molar-refractivity contribution is -0.209. The molecule has 0 aromatic heterocycles. The van der Waals surface area contributed by atoms with Gasteiger partial charge in [-0.3, -0.25) is 9.59 Å². The monoisotopic (exact) mass is 410 g/mol. The smallest absolute Gasteiger partial charge is 0.369 e. The summed E-state index contributed by atoms with van der Waals surface area (Å²) in [6.07, 6.45) is -5.18. The highest BCUT2D eigenvalue weighted by molar-refractivity contribution is 6.31. The Balaban J connectivity index is 1.95. The molecular weight excluding hydrogens is 395 g/mol. The van der Waals surface area contributed by atoms with Crippen LogP contribution in [0.25, 0.3) is 0 Å². The van der Waals surface area contributed by atoms with E-state index in [1.54, 1.807) is 0 Å². The van der Waals surface area contributed by atoms with Crippen LogP contribution in [0.1, 0.15) is 30.9 Å². The van der Waals surface area contributed by atoms with Gasteiger partial charge in [-0.15, -0.1) is 0 Å². The number of rotatable bonds is 4. The standard InChI is InChI=1S/C17H16ClF5N2O2/c18-13-11(19)2-1-10(14(13)20)15(7-3-9(4-7)17(21,22)23)25-6-8(16(24)27)5-12(25)26/h1-2,7-9,15H,3-6H2,(H2,24,27)/t7?,8?,9?,15-/m0/s1. The largest absolute Gasteiger partial charge is 0.391 e. The SMILES string of the molecule is NC(=O)C1CC(=O)N([C@H](c2ccc(F)c(Cl)c2F)C2CC(C(F)(F)F)C2)C1. The Morgan fingerprint density at radius 3 is 2.41 bits per heavy atom. The number of carbonyl (C=O) groups excluding carboxylic acids is 2. The Kier molecular flexibility index (Phi) is 5.09. The van der Waals surface area contributed by atoms with E-state index in [1.165, 1.54) is 4.90 Å². The van der Waals surface area contributed by atoms with Crippen LogP contribution in [-0.2, 0) is 9.59 Å². The average molecular weight is 411 g/mol. The van der Waals surface area contributed by atoms with Gasteiger partial charge in [0.1, 0.15) is 16.7 Å². The van der Waals surface area contributed by atoms with Gasteiger partial charge < -0.3 is 10.6 Å².